The van der Waals surface area contributed by atoms with E-state index in [9.17, 15) is 28.1 Å². The topological polar surface area (TPSA) is 84.7 Å². The van der Waals surface area contributed by atoms with E-state index in [-0.39, 0.29) is 17.5 Å². The molecule has 1 aliphatic heterocycles. The third-order valence-electron chi connectivity index (χ3n) is 5.46. The van der Waals surface area contributed by atoms with Crippen LogP contribution in [-0.4, -0.2) is 37.1 Å². The summed E-state index contributed by atoms with van der Waals surface area (Å²) in [5.74, 6) is 0.367. The second kappa shape index (κ2) is 9.88. The molecule has 172 valence electrons. The molecular formula is C22H24F3N3O4. The molecule has 0 saturated carbocycles. The van der Waals surface area contributed by atoms with E-state index in [4.69, 9.17) is 4.74 Å². The Balaban J connectivity index is 1.52. The summed E-state index contributed by atoms with van der Waals surface area (Å²) in [7, 11) is 0. The Morgan fingerprint density at radius 1 is 1.22 bits per heavy atom. The maximum atomic E-state index is 12.9. The molecular weight excluding hydrogens is 427 g/mol. The molecule has 1 amide bonds. The zero-order valence-electron chi connectivity index (χ0n) is 17.5. The Labute approximate surface area is 183 Å². The van der Waals surface area contributed by atoms with Crippen molar-refractivity contribution in [2.45, 2.75) is 25.9 Å². The Kier molecular flexibility index (Phi) is 7.22. The minimum Gasteiger partial charge on any atom is -0.491 e. The predicted molar refractivity (Wildman–Crippen MR) is 113 cm³/mol. The number of anilines is 1. The van der Waals surface area contributed by atoms with Gasteiger partial charge in [-0.3, -0.25) is 14.9 Å². The van der Waals surface area contributed by atoms with Crippen molar-refractivity contribution < 1.29 is 27.6 Å². The first kappa shape index (κ1) is 23.4. The van der Waals surface area contributed by atoms with Crippen molar-refractivity contribution in [1.29, 1.82) is 0 Å². The van der Waals surface area contributed by atoms with E-state index in [1.54, 1.807) is 4.90 Å². The first-order chi connectivity index (χ1) is 15.2. The number of piperidine rings is 1. The van der Waals surface area contributed by atoms with E-state index < -0.39 is 22.4 Å². The van der Waals surface area contributed by atoms with Crippen molar-refractivity contribution >= 4 is 17.3 Å². The van der Waals surface area contributed by atoms with Gasteiger partial charge in [0.05, 0.1) is 17.0 Å². The van der Waals surface area contributed by atoms with Gasteiger partial charge in [-0.15, -0.1) is 0 Å². The lowest BCUT2D eigenvalue weighted by atomic mass is 9.95. The number of para-hydroxylation sites is 1. The van der Waals surface area contributed by atoms with Gasteiger partial charge in [0.25, 0.3) is 5.69 Å². The van der Waals surface area contributed by atoms with Gasteiger partial charge in [0, 0.05) is 25.1 Å². The summed E-state index contributed by atoms with van der Waals surface area (Å²) >= 11 is 0. The molecule has 32 heavy (non-hydrogen) atoms. The van der Waals surface area contributed by atoms with Crippen LogP contribution in [0.5, 0.6) is 5.75 Å². The third-order valence-corrected chi connectivity index (χ3v) is 5.46. The highest BCUT2D eigenvalue weighted by Crippen LogP contribution is 2.37. The highest BCUT2D eigenvalue weighted by atomic mass is 19.4. The van der Waals surface area contributed by atoms with Gasteiger partial charge in [-0.1, -0.05) is 18.2 Å². The Bertz CT molecular complexity index is 973. The number of aryl methyl sites for hydroxylation is 1. The summed E-state index contributed by atoms with van der Waals surface area (Å²) < 4.78 is 44.3. The van der Waals surface area contributed by atoms with Gasteiger partial charge in [-0.2, -0.15) is 13.2 Å². The van der Waals surface area contributed by atoms with Crippen LogP contribution in [0.3, 0.4) is 0 Å². The fraction of sp³-hybridized carbons (Fsp3) is 0.409. The monoisotopic (exact) mass is 451 g/mol. The van der Waals surface area contributed by atoms with Crippen LogP contribution in [0.4, 0.5) is 24.5 Å². The number of nitro groups is 1. The lowest BCUT2D eigenvalue weighted by Crippen LogP contribution is -2.41. The number of ether oxygens (including phenoxy) is 1. The predicted octanol–water partition coefficient (Wildman–Crippen LogP) is 4.33. The number of carbonyl (C=O) groups excluding carboxylic acids is 1. The molecule has 0 radical (unpaired) electrons. The van der Waals surface area contributed by atoms with Crippen LogP contribution in [0.1, 0.15) is 24.0 Å². The summed E-state index contributed by atoms with van der Waals surface area (Å²) in [6.07, 6.45) is -3.76. The average Bonchev–Trinajstić information content (AvgIpc) is 2.76. The summed E-state index contributed by atoms with van der Waals surface area (Å²) in [5, 5.41) is 14.2. The molecule has 1 heterocycles. The van der Waals surface area contributed by atoms with Crippen LogP contribution >= 0.6 is 0 Å². The Morgan fingerprint density at radius 3 is 2.53 bits per heavy atom. The lowest BCUT2D eigenvalue weighted by Gasteiger charge is -2.32. The van der Waals surface area contributed by atoms with Crippen molar-refractivity contribution in [2.24, 2.45) is 5.92 Å². The number of amides is 1. The van der Waals surface area contributed by atoms with Gasteiger partial charge in [0.1, 0.15) is 18.0 Å². The summed E-state index contributed by atoms with van der Waals surface area (Å²) in [6.45, 7) is 3.28. The number of halogens is 3. The molecule has 0 aliphatic carbocycles. The van der Waals surface area contributed by atoms with Gasteiger partial charge in [0.15, 0.2) is 0 Å². The van der Waals surface area contributed by atoms with Gasteiger partial charge in [-0.05, 0) is 43.5 Å². The van der Waals surface area contributed by atoms with E-state index in [0.29, 0.717) is 45.1 Å². The lowest BCUT2D eigenvalue weighted by molar-refractivity contribution is -0.384. The van der Waals surface area contributed by atoms with Crippen molar-refractivity contribution in [1.82, 2.24) is 5.32 Å². The third kappa shape index (κ3) is 5.68. The standard InChI is InChI=1S/C22H24F3N3O4/c1-15-4-2-3-5-20(15)32-13-10-26-21(29)16-8-11-27(12-9-16)18-7-6-17(22(23,24)25)14-19(18)28(30)31/h2-7,14,16H,8-13H2,1H3,(H,26,29). The number of rotatable bonds is 7. The van der Waals surface area contributed by atoms with Gasteiger partial charge < -0.3 is 15.0 Å². The van der Waals surface area contributed by atoms with Crippen LogP contribution < -0.4 is 15.0 Å². The quantitative estimate of drug-likeness (QED) is 0.385. The van der Waals surface area contributed by atoms with Crippen molar-refractivity contribution in [3.63, 3.8) is 0 Å². The first-order valence-electron chi connectivity index (χ1n) is 10.2. The number of carbonyl (C=O) groups is 1. The number of hydrogen-bond acceptors (Lipinski definition) is 5. The number of nitro benzene ring substituents is 1. The normalized spacial score (nSPS) is 14.8. The van der Waals surface area contributed by atoms with Crippen LogP contribution in [0.15, 0.2) is 42.5 Å². The summed E-state index contributed by atoms with van der Waals surface area (Å²) in [5.41, 5.74) is -0.511. The second-order valence-electron chi connectivity index (χ2n) is 7.62. The van der Waals surface area contributed by atoms with Gasteiger partial charge in [0.2, 0.25) is 5.91 Å². The number of benzene rings is 2. The minimum absolute atomic E-state index is 0.125. The minimum atomic E-state index is -4.66. The fourth-order valence-electron chi connectivity index (χ4n) is 3.69. The molecule has 1 N–H and O–H groups in total. The SMILES string of the molecule is Cc1ccccc1OCCNC(=O)C1CCN(c2ccc(C(F)(F)F)cc2[N+](=O)[O-])CC1. The van der Waals surface area contributed by atoms with Crippen LogP contribution in [0.2, 0.25) is 0 Å². The van der Waals surface area contributed by atoms with E-state index in [1.165, 1.54) is 0 Å². The molecule has 2 aromatic carbocycles. The Hall–Kier alpha value is -3.30. The van der Waals surface area contributed by atoms with E-state index in [0.717, 1.165) is 23.4 Å². The fourth-order valence-corrected chi connectivity index (χ4v) is 3.69. The summed E-state index contributed by atoms with van der Waals surface area (Å²) in [4.78, 5) is 24.6. The molecule has 1 fully saturated rings. The molecule has 1 aliphatic rings. The molecule has 3 rings (SSSR count). The zero-order valence-corrected chi connectivity index (χ0v) is 17.5. The highest BCUT2D eigenvalue weighted by Gasteiger charge is 2.34. The van der Waals surface area contributed by atoms with Crippen LogP contribution in [0, 0.1) is 23.0 Å². The van der Waals surface area contributed by atoms with Crippen LogP contribution in [-0.2, 0) is 11.0 Å². The number of nitrogens with one attached hydrogen (secondary N) is 1. The molecule has 7 nitrogen and oxygen atoms in total. The van der Waals surface area contributed by atoms with Crippen LogP contribution in [0.25, 0.3) is 0 Å². The van der Waals surface area contributed by atoms with Gasteiger partial charge >= 0.3 is 6.18 Å². The maximum Gasteiger partial charge on any atom is 0.416 e. The molecule has 0 spiro atoms. The molecule has 0 aromatic heterocycles. The first-order valence-corrected chi connectivity index (χ1v) is 10.2. The molecule has 2 aromatic rings. The second-order valence-corrected chi connectivity index (χ2v) is 7.62. The summed E-state index contributed by atoms with van der Waals surface area (Å²) in [6, 6.07) is 10.1. The van der Waals surface area contributed by atoms with Crippen molar-refractivity contribution in [3.05, 3.63) is 63.7 Å². The number of hydrogen-bond donors (Lipinski definition) is 1. The molecule has 0 atom stereocenters. The van der Waals surface area contributed by atoms with Gasteiger partial charge in [-0.25, -0.2) is 0 Å². The average molecular weight is 451 g/mol. The number of alkyl halides is 3. The molecule has 1 saturated heterocycles. The number of nitrogens with zero attached hydrogens (tertiary/aromatic N) is 2. The largest absolute Gasteiger partial charge is 0.491 e. The highest BCUT2D eigenvalue weighted by molar-refractivity contribution is 5.79. The molecule has 10 heteroatoms. The van der Waals surface area contributed by atoms with E-state index in [1.807, 2.05) is 31.2 Å². The molecule has 0 unspecified atom stereocenters. The zero-order chi connectivity index (χ0) is 23.3. The van der Waals surface area contributed by atoms with Crippen molar-refractivity contribution in [3.8, 4) is 5.75 Å². The van der Waals surface area contributed by atoms with E-state index in [2.05, 4.69) is 5.32 Å². The molecule has 0 bridgehead atoms. The maximum absolute atomic E-state index is 12.9. The van der Waals surface area contributed by atoms with Crippen molar-refractivity contribution in [2.75, 3.05) is 31.1 Å². The van der Waals surface area contributed by atoms with E-state index >= 15 is 0 Å². The smallest absolute Gasteiger partial charge is 0.416 e. The Morgan fingerprint density at radius 2 is 1.91 bits per heavy atom.